The fraction of sp³-hybridized carbons (Fsp3) is 0.692. The van der Waals surface area contributed by atoms with Gasteiger partial charge in [0.05, 0.1) is 18.3 Å². The second kappa shape index (κ2) is 5.52. The van der Waals surface area contributed by atoms with Crippen molar-refractivity contribution in [2.45, 2.75) is 51.6 Å². The lowest BCUT2D eigenvalue weighted by molar-refractivity contribution is -0.128. The van der Waals surface area contributed by atoms with E-state index in [-0.39, 0.29) is 5.91 Å². The van der Waals surface area contributed by atoms with Crippen molar-refractivity contribution in [2.75, 3.05) is 6.54 Å². The zero-order chi connectivity index (χ0) is 13.0. The molecule has 1 fully saturated rings. The number of carbonyl (C=O) groups excluding carboxylic acids is 1. The van der Waals surface area contributed by atoms with Crippen molar-refractivity contribution >= 4 is 5.91 Å². The van der Waals surface area contributed by atoms with E-state index in [2.05, 4.69) is 15.6 Å². The number of hydrogen-bond donors (Lipinski definition) is 2. The third-order valence-electron chi connectivity index (χ3n) is 3.47. The number of oxazole rings is 1. The van der Waals surface area contributed by atoms with Gasteiger partial charge in [-0.3, -0.25) is 4.79 Å². The van der Waals surface area contributed by atoms with Gasteiger partial charge in [-0.1, -0.05) is 6.92 Å². The first-order valence-corrected chi connectivity index (χ1v) is 6.61. The second-order valence-corrected chi connectivity index (χ2v) is 4.97. The molecule has 2 N–H and O–H groups in total. The summed E-state index contributed by atoms with van der Waals surface area (Å²) in [4.78, 5) is 16.3. The molecule has 0 bridgehead atoms. The van der Waals surface area contributed by atoms with Crippen molar-refractivity contribution in [3.05, 3.63) is 17.8 Å². The summed E-state index contributed by atoms with van der Waals surface area (Å²) in [7, 11) is 0. The topological polar surface area (TPSA) is 67.2 Å². The van der Waals surface area contributed by atoms with Gasteiger partial charge in [-0.15, -0.1) is 0 Å². The van der Waals surface area contributed by atoms with E-state index in [0.29, 0.717) is 12.4 Å². The Morgan fingerprint density at radius 3 is 3.06 bits per heavy atom. The van der Waals surface area contributed by atoms with Crippen LogP contribution in [0.4, 0.5) is 0 Å². The molecule has 5 heteroatoms. The summed E-state index contributed by atoms with van der Waals surface area (Å²) in [6, 6.07) is 0. The highest BCUT2D eigenvalue weighted by Gasteiger charge is 2.34. The van der Waals surface area contributed by atoms with Gasteiger partial charge in [-0.05, 0) is 32.7 Å². The number of rotatable bonds is 4. The maximum absolute atomic E-state index is 12.1. The summed E-state index contributed by atoms with van der Waals surface area (Å²) >= 11 is 0. The van der Waals surface area contributed by atoms with E-state index in [1.165, 1.54) is 0 Å². The minimum absolute atomic E-state index is 0.0263. The number of piperidine rings is 1. The van der Waals surface area contributed by atoms with E-state index < -0.39 is 5.54 Å². The molecule has 2 rings (SSSR count). The molecule has 1 aromatic rings. The molecule has 5 nitrogen and oxygen atoms in total. The number of nitrogens with zero attached hydrogens (tertiary/aromatic N) is 1. The Bertz CT molecular complexity index is 408. The van der Waals surface area contributed by atoms with Crippen molar-refractivity contribution in [3.8, 4) is 0 Å². The third kappa shape index (κ3) is 2.90. The highest BCUT2D eigenvalue weighted by Crippen LogP contribution is 2.18. The molecule has 1 aromatic heterocycles. The Labute approximate surface area is 107 Å². The quantitative estimate of drug-likeness (QED) is 0.848. The van der Waals surface area contributed by atoms with Crippen molar-refractivity contribution in [1.82, 2.24) is 15.6 Å². The molecule has 1 aliphatic heterocycles. The molecule has 1 atom stereocenters. The SMILES string of the molecule is CCc1cnc(CNC(=O)C2(C)CCCCN2)o1. The Morgan fingerprint density at radius 1 is 1.61 bits per heavy atom. The average Bonchev–Trinajstić information content (AvgIpc) is 2.84. The first-order valence-electron chi connectivity index (χ1n) is 6.61. The Morgan fingerprint density at radius 2 is 2.44 bits per heavy atom. The van der Waals surface area contributed by atoms with Gasteiger partial charge in [0, 0.05) is 6.42 Å². The summed E-state index contributed by atoms with van der Waals surface area (Å²) in [5, 5.41) is 6.17. The van der Waals surface area contributed by atoms with Crippen LogP contribution in [0.2, 0.25) is 0 Å². The van der Waals surface area contributed by atoms with Crippen LogP contribution in [0.3, 0.4) is 0 Å². The lowest BCUT2D eigenvalue weighted by Crippen LogP contribution is -2.56. The normalized spacial score (nSPS) is 23.9. The molecule has 1 aliphatic rings. The van der Waals surface area contributed by atoms with Crippen LogP contribution in [0.1, 0.15) is 44.8 Å². The molecule has 0 aliphatic carbocycles. The van der Waals surface area contributed by atoms with Gasteiger partial charge in [-0.25, -0.2) is 4.98 Å². The summed E-state index contributed by atoms with van der Waals surface area (Å²) < 4.78 is 5.46. The number of amides is 1. The predicted octanol–water partition coefficient (Wildman–Crippen LogP) is 1.39. The monoisotopic (exact) mass is 251 g/mol. The van der Waals surface area contributed by atoms with Gasteiger partial charge in [0.1, 0.15) is 5.76 Å². The van der Waals surface area contributed by atoms with Gasteiger partial charge >= 0.3 is 0 Å². The van der Waals surface area contributed by atoms with E-state index in [1.807, 2.05) is 13.8 Å². The largest absolute Gasteiger partial charge is 0.444 e. The molecule has 1 amide bonds. The van der Waals surface area contributed by atoms with Gasteiger partial charge in [0.25, 0.3) is 0 Å². The molecule has 0 radical (unpaired) electrons. The first kappa shape index (κ1) is 13.1. The van der Waals surface area contributed by atoms with Crippen LogP contribution in [0, 0.1) is 0 Å². The van der Waals surface area contributed by atoms with Gasteiger partial charge in [0.15, 0.2) is 0 Å². The maximum Gasteiger partial charge on any atom is 0.240 e. The number of aryl methyl sites for hydroxylation is 1. The fourth-order valence-corrected chi connectivity index (χ4v) is 2.19. The van der Waals surface area contributed by atoms with E-state index in [4.69, 9.17) is 4.42 Å². The fourth-order valence-electron chi connectivity index (χ4n) is 2.19. The standard InChI is InChI=1S/C13H21N3O2/c1-3-10-8-14-11(18-10)9-15-12(17)13(2)6-4-5-7-16-13/h8,16H,3-7,9H2,1-2H3,(H,15,17). The van der Waals surface area contributed by atoms with E-state index in [1.54, 1.807) is 6.20 Å². The second-order valence-electron chi connectivity index (χ2n) is 4.97. The molecule has 2 heterocycles. The van der Waals surface area contributed by atoms with Crippen LogP contribution < -0.4 is 10.6 Å². The van der Waals surface area contributed by atoms with Crippen LogP contribution in [0.25, 0.3) is 0 Å². The van der Waals surface area contributed by atoms with Crippen LogP contribution >= 0.6 is 0 Å². The molecule has 18 heavy (non-hydrogen) atoms. The molecule has 100 valence electrons. The van der Waals surface area contributed by atoms with Crippen LogP contribution in [0.5, 0.6) is 0 Å². The van der Waals surface area contributed by atoms with Crippen molar-refractivity contribution in [1.29, 1.82) is 0 Å². The lowest BCUT2D eigenvalue weighted by atomic mass is 9.90. The predicted molar refractivity (Wildman–Crippen MR) is 68.0 cm³/mol. The minimum atomic E-state index is -0.446. The summed E-state index contributed by atoms with van der Waals surface area (Å²) in [6.07, 6.45) is 5.64. The average molecular weight is 251 g/mol. The summed E-state index contributed by atoms with van der Waals surface area (Å²) in [5.74, 6) is 1.44. The molecular formula is C13H21N3O2. The summed E-state index contributed by atoms with van der Waals surface area (Å²) in [5.41, 5.74) is -0.446. The highest BCUT2D eigenvalue weighted by atomic mass is 16.4. The van der Waals surface area contributed by atoms with Crippen molar-refractivity contribution < 1.29 is 9.21 Å². The lowest BCUT2D eigenvalue weighted by Gasteiger charge is -2.33. The van der Waals surface area contributed by atoms with Gasteiger partial charge in [0.2, 0.25) is 11.8 Å². The molecule has 0 aromatic carbocycles. The van der Waals surface area contributed by atoms with Crippen LogP contribution in [-0.2, 0) is 17.8 Å². The number of aromatic nitrogens is 1. The zero-order valence-corrected chi connectivity index (χ0v) is 11.1. The number of carbonyl (C=O) groups is 1. The van der Waals surface area contributed by atoms with Crippen molar-refractivity contribution in [3.63, 3.8) is 0 Å². The smallest absolute Gasteiger partial charge is 0.240 e. The third-order valence-corrected chi connectivity index (χ3v) is 3.47. The van der Waals surface area contributed by atoms with Crippen LogP contribution in [-0.4, -0.2) is 23.0 Å². The Kier molecular flexibility index (Phi) is 4.01. The highest BCUT2D eigenvalue weighted by molar-refractivity contribution is 5.85. The van der Waals surface area contributed by atoms with Gasteiger partial charge < -0.3 is 15.1 Å². The maximum atomic E-state index is 12.1. The Hall–Kier alpha value is -1.36. The molecule has 1 unspecified atom stereocenters. The molecule has 0 saturated carbocycles. The molecular weight excluding hydrogens is 230 g/mol. The molecule has 0 spiro atoms. The van der Waals surface area contributed by atoms with E-state index in [9.17, 15) is 4.79 Å². The van der Waals surface area contributed by atoms with Gasteiger partial charge in [-0.2, -0.15) is 0 Å². The molecule has 1 saturated heterocycles. The minimum Gasteiger partial charge on any atom is -0.444 e. The number of nitrogens with one attached hydrogen (secondary N) is 2. The van der Waals surface area contributed by atoms with E-state index >= 15 is 0 Å². The van der Waals surface area contributed by atoms with Crippen LogP contribution in [0.15, 0.2) is 10.6 Å². The van der Waals surface area contributed by atoms with E-state index in [0.717, 1.165) is 38.0 Å². The Balaban J connectivity index is 1.87. The summed E-state index contributed by atoms with van der Waals surface area (Å²) in [6.45, 7) is 5.23. The first-order chi connectivity index (χ1) is 8.64. The van der Waals surface area contributed by atoms with Crippen molar-refractivity contribution in [2.24, 2.45) is 0 Å². The zero-order valence-electron chi connectivity index (χ0n) is 11.1. The number of hydrogen-bond acceptors (Lipinski definition) is 4.